The summed E-state index contributed by atoms with van der Waals surface area (Å²) in [6, 6.07) is 0. The van der Waals surface area contributed by atoms with Crippen molar-refractivity contribution in [2.24, 2.45) is 0 Å². The fourth-order valence-electron chi connectivity index (χ4n) is 4.82. The average Bonchev–Trinajstić information content (AvgIpc) is 2.71. The number of rotatable bonds is 18. The molecule has 1 aliphatic heterocycles. The molecule has 0 amide bonds. The molecular weight excluding hydrogens is 368 g/mol. The minimum atomic E-state index is -0.175. The standard InChI is InChI=1S/C28H52O2/c1-7-9-11-13-15-17-19-21-23-27(5)28(6,30-26(4)25(3)29-27)24-22-20-18-16-14-12-10-8-2/h7-8,25-26H,1-2,9-24H2,3-6H3. The van der Waals surface area contributed by atoms with Gasteiger partial charge in [-0.3, -0.25) is 0 Å². The molecule has 1 rings (SSSR count). The molecule has 0 aromatic carbocycles. The van der Waals surface area contributed by atoms with Gasteiger partial charge < -0.3 is 9.47 Å². The maximum atomic E-state index is 6.64. The molecule has 0 N–H and O–H groups in total. The highest BCUT2D eigenvalue weighted by Gasteiger charge is 2.51. The second-order valence-electron chi connectivity index (χ2n) is 10.0. The highest BCUT2D eigenvalue weighted by molar-refractivity contribution is 5.01. The van der Waals surface area contributed by atoms with Crippen molar-refractivity contribution in [3.8, 4) is 0 Å². The van der Waals surface area contributed by atoms with Crippen LogP contribution in [0.1, 0.15) is 130 Å². The molecule has 2 heteroatoms. The van der Waals surface area contributed by atoms with Crippen LogP contribution in [-0.4, -0.2) is 23.4 Å². The van der Waals surface area contributed by atoms with Gasteiger partial charge in [-0.15, -0.1) is 13.2 Å². The van der Waals surface area contributed by atoms with E-state index in [2.05, 4.69) is 40.9 Å². The van der Waals surface area contributed by atoms with Crippen LogP contribution in [0.3, 0.4) is 0 Å². The van der Waals surface area contributed by atoms with E-state index in [1.54, 1.807) is 0 Å². The van der Waals surface area contributed by atoms with E-state index in [1.807, 2.05) is 12.2 Å². The summed E-state index contributed by atoms with van der Waals surface area (Å²) in [5, 5.41) is 0. The number of hydrogen-bond donors (Lipinski definition) is 0. The third kappa shape index (κ3) is 9.69. The van der Waals surface area contributed by atoms with E-state index in [0.29, 0.717) is 0 Å². The summed E-state index contributed by atoms with van der Waals surface area (Å²) in [5.41, 5.74) is -0.350. The molecule has 2 nitrogen and oxygen atoms in total. The molecule has 176 valence electrons. The Morgan fingerprint density at radius 3 is 1.20 bits per heavy atom. The topological polar surface area (TPSA) is 18.5 Å². The van der Waals surface area contributed by atoms with E-state index in [4.69, 9.17) is 9.47 Å². The van der Waals surface area contributed by atoms with Gasteiger partial charge in [-0.2, -0.15) is 0 Å². The second-order valence-corrected chi connectivity index (χ2v) is 10.0. The molecule has 0 aromatic rings. The van der Waals surface area contributed by atoms with Crippen molar-refractivity contribution < 1.29 is 9.47 Å². The highest BCUT2D eigenvalue weighted by Crippen LogP contribution is 2.44. The molecule has 1 heterocycles. The van der Waals surface area contributed by atoms with Crippen LogP contribution in [0.5, 0.6) is 0 Å². The highest BCUT2D eigenvalue weighted by atomic mass is 16.6. The molecule has 4 unspecified atom stereocenters. The molecule has 0 spiro atoms. The SMILES string of the molecule is C=CCCCCCCCCC1(C)OC(C)C(C)OC1(C)CCCCCCCCC=C. The first-order valence-electron chi connectivity index (χ1n) is 13.0. The summed E-state index contributed by atoms with van der Waals surface area (Å²) in [6.45, 7) is 16.6. The van der Waals surface area contributed by atoms with Gasteiger partial charge in [-0.1, -0.05) is 76.4 Å². The van der Waals surface area contributed by atoms with Gasteiger partial charge in [-0.05, 0) is 66.2 Å². The minimum Gasteiger partial charge on any atom is -0.367 e. The Morgan fingerprint density at radius 1 is 0.567 bits per heavy atom. The monoisotopic (exact) mass is 420 g/mol. The average molecular weight is 421 g/mol. The first-order chi connectivity index (χ1) is 14.4. The quantitative estimate of drug-likeness (QED) is 0.163. The van der Waals surface area contributed by atoms with E-state index in [0.717, 1.165) is 25.7 Å². The minimum absolute atomic E-state index is 0.173. The van der Waals surface area contributed by atoms with Gasteiger partial charge in [0.05, 0.1) is 23.4 Å². The van der Waals surface area contributed by atoms with Gasteiger partial charge in [0.2, 0.25) is 0 Å². The molecule has 0 saturated carbocycles. The van der Waals surface area contributed by atoms with Crippen LogP contribution in [0.25, 0.3) is 0 Å². The molecule has 1 fully saturated rings. The summed E-state index contributed by atoms with van der Waals surface area (Å²) in [6.07, 6.45) is 24.6. The maximum Gasteiger partial charge on any atom is 0.0945 e. The van der Waals surface area contributed by atoms with Crippen molar-refractivity contribution in [1.29, 1.82) is 0 Å². The van der Waals surface area contributed by atoms with Crippen molar-refractivity contribution in [2.45, 2.75) is 154 Å². The number of hydrogen-bond acceptors (Lipinski definition) is 2. The molecule has 1 aliphatic rings. The summed E-state index contributed by atoms with van der Waals surface area (Å²) >= 11 is 0. The van der Waals surface area contributed by atoms with Crippen LogP contribution < -0.4 is 0 Å². The summed E-state index contributed by atoms with van der Waals surface area (Å²) < 4.78 is 13.3. The van der Waals surface area contributed by atoms with E-state index in [1.165, 1.54) is 77.0 Å². The Kier molecular flexibility index (Phi) is 13.9. The van der Waals surface area contributed by atoms with Gasteiger partial charge in [-0.25, -0.2) is 0 Å². The lowest BCUT2D eigenvalue weighted by Crippen LogP contribution is -2.62. The number of unbranched alkanes of at least 4 members (excludes halogenated alkanes) is 12. The molecule has 1 saturated heterocycles. The molecule has 0 aliphatic carbocycles. The zero-order valence-corrected chi connectivity index (χ0v) is 20.9. The molecule has 0 bridgehead atoms. The van der Waals surface area contributed by atoms with Crippen LogP contribution in [0.2, 0.25) is 0 Å². The number of allylic oxidation sites excluding steroid dienone is 2. The Labute approximate surface area is 188 Å². The largest absolute Gasteiger partial charge is 0.367 e. The Balaban J connectivity index is 2.41. The van der Waals surface area contributed by atoms with Crippen LogP contribution in [0, 0.1) is 0 Å². The van der Waals surface area contributed by atoms with Crippen molar-refractivity contribution in [1.82, 2.24) is 0 Å². The lowest BCUT2D eigenvalue weighted by molar-refractivity contribution is -0.303. The maximum absolute atomic E-state index is 6.64. The predicted molar refractivity (Wildman–Crippen MR) is 132 cm³/mol. The van der Waals surface area contributed by atoms with Crippen molar-refractivity contribution in [3.05, 3.63) is 25.3 Å². The summed E-state index contributed by atoms with van der Waals surface area (Å²) in [4.78, 5) is 0. The van der Waals surface area contributed by atoms with Gasteiger partial charge in [0, 0.05) is 0 Å². The van der Waals surface area contributed by atoms with Crippen molar-refractivity contribution in [3.63, 3.8) is 0 Å². The second kappa shape index (κ2) is 15.2. The normalized spacial score (nSPS) is 29.1. The molecule has 30 heavy (non-hydrogen) atoms. The number of ether oxygens (including phenoxy) is 2. The fraction of sp³-hybridized carbons (Fsp3) is 0.857. The third-order valence-electron chi connectivity index (χ3n) is 7.30. The lowest BCUT2D eigenvalue weighted by atomic mass is 9.76. The zero-order valence-electron chi connectivity index (χ0n) is 20.9. The third-order valence-corrected chi connectivity index (χ3v) is 7.30. The van der Waals surface area contributed by atoms with Gasteiger partial charge in [0.1, 0.15) is 0 Å². The Morgan fingerprint density at radius 2 is 0.867 bits per heavy atom. The van der Waals surface area contributed by atoms with E-state index >= 15 is 0 Å². The lowest BCUT2D eigenvalue weighted by Gasteiger charge is -2.54. The molecule has 0 radical (unpaired) electrons. The first kappa shape index (κ1) is 27.4. The van der Waals surface area contributed by atoms with E-state index < -0.39 is 0 Å². The van der Waals surface area contributed by atoms with Crippen LogP contribution in [-0.2, 0) is 9.47 Å². The fourth-order valence-corrected chi connectivity index (χ4v) is 4.82. The first-order valence-corrected chi connectivity index (χ1v) is 13.0. The summed E-state index contributed by atoms with van der Waals surface area (Å²) in [5.74, 6) is 0. The van der Waals surface area contributed by atoms with Gasteiger partial charge in [0.15, 0.2) is 0 Å². The molecule has 4 atom stereocenters. The van der Waals surface area contributed by atoms with Gasteiger partial charge >= 0.3 is 0 Å². The molecule has 0 aromatic heterocycles. The van der Waals surface area contributed by atoms with E-state index in [-0.39, 0.29) is 23.4 Å². The van der Waals surface area contributed by atoms with Crippen molar-refractivity contribution in [2.75, 3.05) is 0 Å². The molecular formula is C28H52O2. The summed E-state index contributed by atoms with van der Waals surface area (Å²) in [7, 11) is 0. The Bertz CT molecular complexity index is 418. The van der Waals surface area contributed by atoms with Crippen LogP contribution in [0.15, 0.2) is 25.3 Å². The van der Waals surface area contributed by atoms with Crippen molar-refractivity contribution >= 4 is 0 Å². The zero-order chi connectivity index (χ0) is 22.3. The smallest absolute Gasteiger partial charge is 0.0945 e. The van der Waals surface area contributed by atoms with Crippen LogP contribution >= 0.6 is 0 Å². The van der Waals surface area contributed by atoms with E-state index in [9.17, 15) is 0 Å². The van der Waals surface area contributed by atoms with Crippen LogP contribution in [0.4, 0.5) is 0 Å². The van der Waals surface area contributed by atoms with Gasteiger partial charge in [0.25, 0.3) is 0 Å². The Hall–Kier alpha value is -0.600. The predicted octanol–water partition coefficient (Wildman–Crippen LogP) is 8.94.